The normalized spacial score (nSPS) is 13.7. The average Bonchev–Trinajstić information content (AvgIpc) is 2.76. The number of rotatable bonds is 13. The fourth-order valence-electron chi connectivity index (χ4n) is 4.12. The van der Waals surface area contributed by atoms with Gasteiger partial charge in [-0.1, -0.05) is 56.0 Å². The summed E-state index contributed by atoms with van der Waals surface area (Å²) in [5.74, 6) is -1.65. The lowest BCUT2D eigenvalue weighted by Crippen LogP contribution is -2.56. The molecule has 0 radical (unpaired) electrons. The van der Waals surface area contributed by atoms with Crippen molar-refractivity contribution in [1.82, 2.24) is 15.5 Å². The van der Waals surface area contributed by atoms with Crippen LogP contribution in [0.1, 0.15) is 96.4 Å². The van der Waals surface area contributed by atoms with Gasteiger partial charge in [-0.25, -0.2) is 4.79 Å². The van der Waals surface area contributed by atoms with Crippen molar-refractivity contribution in [1.29, 1.82) is 0 Å². The number of alkyl carbamates (subject to hydrolysis) is 1. The molecule has 0 saturated heterocycles. The molecule has 0 heterocycles. The third-order valence-corrected chi connectivity index (χ3v) is 5.88. The number of amides is 4. The molecule has 0 bridgehead atoms. The van der Waals surface area contributed by atoms with Gasteiger partial charge in [-0.15, -0.1) is 0 Å². The van der Waals surface area contributed by atoms with Crippen molar-refractivity contribution in [2.45, 2.75) is 111 Å². The van der Waals surface area contributed by atoms with E-state index >= 15 is 0 Å². The van der Waals surface area contributed by atoms with E-state index in [9.17, 15) is 19.2 Å². The third-order valence-electron chi connectivity index (χ3n) is 5.88. The van der Waals surface area contributed by atoms with Gasteiger partial charge in [0.1, 0.15) is 17.7 Å². The van der Waals surface area contributed by atoms with Crippen LogP contribution in [0.5, 0.6) is 0 Å². The van der Waals surface area contributed by atoms with Crippen LogP contribution in [0, 0.1) is 13.8 Å². The molecule has 4 N–H and O–H groups in total. The van der Waals surface area contributed by atoms with Crippen LogP contribution in [0.3, 0.4) is 0 Å². The van der Waals surface area contributed by atoms with Crippen LogP contribution in [0.25, 0.3) is 0 Å². The summed E-state index contributed by atoms with van der Waals surface area (Å²) in [6.07, 6.45) is 2.09. The third kappa shape index (κ3) is 10.8. The minimum atomic E-state index is -1.29. The Morgan fingerprint density at radius 1 is 1.03 bits per heavy atom. The molecule has 9 nitrogen and oxygen atoms in total. The molecule has 4 amide bonds. The number of carbonyl (C=O) groups is 4. The van der Waals surface area contributed by atoms with Crippen LogP contribution in [0.2, 0.25) is 0 Å². The molecule has 208 valence electrons. The predicted octanol–water partition coefficient (Wildman–Crippen LogP) is 4.05. The topological polar surface area (TPSA) is 131 Å². The van der Waals surface area contributed by atoms with Crippen molar-refractivity contribution in [3.63, 3.8) is 0 Å². The molecule has 1 aromatic rings. The minimum Gasteiger partial charge on any atom is -0.444 e. The number of hydrogen-bond acceptors (Lipinski definition) is 5. The predicted molar refractivity (Wildman–Crippen MR) is 145 cm³/mol. The monoisotopic (exact) mass is 518 g/mol. The fourth-order valence-corrected chi connectivity index (χ4v) is 4.12. The largest absolute Gasteiger partial charge is 0.444 e. The van der Waals surface area contributed by atoms with E-state index in [0.717, 1.165) is 30.4 Å². The Bertz CT molecular complexity index is 921. The van der Waals surface area contributed by atoms with E-state index in [1.54, 1.807) is 20.8 Å². The number of aryl methyl sites for hydroxylation is 2. The van der Waals surface area contributed by atoms with Gasteiger partial charge >= 0.3 is 6.09 Å². The summed E-state index contributed by atoms with van der Waals surface area (Å²) in [6, 6.07) is 3.14. The van der Waals surface area contributed by atoms with E-state index in [-0.39, 0.29) is 11.9 Å². The van der Waals surface area contributed by atoms with Crippen LogP contribution >= 0.6 is 0 Å². The highest BCUT2D eigenvalue weighted by Crippen LogP contribution is 2.28. The van der Waals surface area contributed by atoms with Crippen molar-refractivity contribution in [3.05, 3.63) is 34.9 Å². The zero-order valence-corrected chi connectivity index (χ0v) is 23.8. The Morgan fingerprint density at radius 2 is 1.62 bits per heavy atom. The second-order valence-electron chi connectivity index (χ2n) is 10.7. The Kier molecular flexibility index (Phi) is 12.6. The highest BCUT2D eigenvalue weighted by molar-refractivity contribution is 5.94. The summed E-state index contributed by atoms with van der Waals surface area (Å²) < 4.78 is 5.31. The average molecular weight is 519 g/mol. The standard InChI is InChI=1S/C28H46N4O5/c1-9-11-12-13-30-25(34)24(21-15-18(3)14-19(4)16-21)32(20(5)10-2)26(35)22(17-23(29)33)31-27(36)37-28(6,7)8/h14-16,20,22,24H,9-13,17H2,1-8H3,(H2,29,33)(H,30,34)(H,31,36). The van der Waals surface area contributed by atoms with Gasteiger partial charge in [-0.05, 0) is 59.9 Å². The van der Waals surface area contributed by atoms with Crippen LogP contribution in [-0.2, 0) is 19.1 Å². The van der Waals surface area contributed by atoms with Gasteiger partial charge < -0.3 is 26.0 Å². The summed E-state index contributed by atoms with van der Waals surface area (Å²) >= 11 is 0. The SMILES string of the molecule is CCCCCNC(=O)C(c1cc(C)cc(C)c1)N(C(=O)C(CC(N)=O)NC(=O)OC(C)(C)C)C(C)CC. The van der Waals surface area contributed by atoms with Crippen molar-refractivity contribution in [3.8, 4) is 0 Å². The molecule has 0 saturated carbocycles. The number of nitrogens with zero attached hydrogens (tertiary/aromatic N) is 1. The molecule has 37 heavy (non-hydrogen) atoms. The van der Waals surface area contributed by atoms with Crippen molar-refractivity contribution >= 4 is 23.8 Å². The van der Waals surface area contributed by atoms with E-state index in [1.807, 2.05) is 45.9 Å². The molecule has 3 atom stereocenters. The smallest absolute Gasteiger partial charge is 0.408 e. The molecule has 9 heteroatoms. The summed E-state index contributed by atoms with van der Waals surface area (Å²) in [5, 5.41) is 5.49. The Balaban J connectivity index is 3.54. The molecular formula is C28H46N4O5. The molecule has 0 aromatic heterocycles. The molecule has 0 aliphatic carbocycles. The quantitative estimate of drug-likeness (QED) is 0.339. The van der Waals surface area contributed by atoms with Crippen LogP contribution in [0.15, 0.2) is 18.2 Å². The van der Waals surface area contributed by atoms with Crippen molar-refractivity contribution in [2.75, 3.05) is 6.54 Å². The number of nitrogens with two attached hydrogens (primary N) is 1. The minimum absolute atomic E-state index is 0.315. The molecule has 0 aliphatic heterocycles. The maximum atomic E-state index is 14.0. The zero-order chi connectivity index (χ0) is 28.3. The maximum Gasteiger partial charge on any atom is 0.408 e. The van der Waals surface area contributed by atoms with E-state index < -0.39 is 42.0 Å². The first-order valence-electron chi connectivity index (χ1n) is 13.2. The Labute approximate surface area is 221 Å². The zero-order valence-electron chi connectivity index (χ0n) is 23.8. The van der Waals surface area contributed by atoms with Gasteiger partial charge in [0.2, 0.25) is 17.7 Å². The molecule has 1 aromatic carbocycles. The number of benzene rings is 1. The molecular weight excluding hydrogens is 472 g/mol. The van der Waals surface area contributed by atoms with E-state index in [2.05, 4.69) is 17.6 Å². The van der Waals surface area contributed by atoms with Crippen LogP contribution in [0.4, 0.5) is 4.79 Å². The van der Waals surface area contributed by atoms with E-state index in [0.29, 0.717) is 18.5 Å². The Hall–Kier alpha value is -3.10. The first-order valence-corrected chi connectivity index (χ1v) is 13.2. The summed E-state index contributed by atoms with van der Waals surface area (Å²) in [4.78, 5) is 53.6. The highest BCUT2D eigenvalue weighted by atomic mass is 16.6. The first-order chi connectivity index (χ1) is 17.2. The molecule has 1 rings (SSSR count). The van der Waals surface area contributed by atoms with Crippen LogP contribution < -0.4 is 16.4 Å². The summed E-state index contributed by atoms with van der Waals surface area (Å²) in [6.45, 7) is 15.3. The lowest BCUT2D eigenvalue weighted by molar-refractivity contribution is -0.145. The Morgan fingerprint density at radius 3 is 2.11 bits per heavy atom. The number of carbonyl (C=O) groups excluding carboxylic acids is 4. The number of unbranched alkanes of at least 4 members (excludes halogenated alkanes) is 2. The van der Waals surface area contributed by atoms with Gasteiger partial charge in [0.15, 0.2) is 0 Å². The van der Waals surface area contributed by atoms with Gasteiger partial charge in [0.25, 0.3) is 0 Å². The second kappa shape index (κ2) is 14.6. The highest BCUT2D eigenvalue weighted by Gasteiger charge is 2.39. The van der Waals surface area contributed by atoms with Gasteiger partial charge in [-0.3, -0.25) is 14.4 Å². The maximum absolute atomic E-state index is 14.0. The molecule has 0 aliphatic rings. The fraction of sp³-hybridized carbons (Fsp3) is 0.643. The number of hydrogen-bond donors (Lipinski definition) is 3. The molecule has 0 fully saturated rings. The van der Waals surface area contributed by atoms with Gasteiger partial charge in [0, 0.05) is 12.6 Å². The summed E-state index contributed by atoms with van der Waals surface area (Å²) in [5.41, 5.74) is 7.21. The van der Waals surface area contributed by atoms with Crippen LogP contribution in [-0.4, -0.2) is 52.9 Å². The lowest BCUT2D eigenvalue weighted by Gasteiger charge is -2.38. The first kappa shape index (κ1) is 31.9. The number of nitrogens with one attached hydrogen (secondary N) is 2. The van der Waals surface area contributed by atoms with Gasteiger partial charge in [-0.2, -0.15) is 0 Å². The van der Waals surface area contributed by atoms with Crippen molar-refractivity contribution in [2.24, 2.45) is 5.73 Å². The number of ether oxygens (including phenoxy) is 1. The number of primary amides is 1. The van der Waals surface area contributed by atoms with E-state index in [4.69, 9.17) is 10.5 Å². The summed E-state index contributed by atoms with van der Waals surface area (Å²) in [7, 11) is 0. The molecule has 3 unspecified atom stereocenters. The van der Waals surface area contributed by atoms with E-state index in [1.165, 1.54) is 4.90 Å². The van der Waals surface area contributed by atoms with Gasteiger partial charge in [0.05, 0.1) is 6.42 Å². The van der Waals surface area contributed by atoms with Crippen molar-refractivity contribution < 1.29 is 23.9 Å². The second-order valence-corrected chi connectivity index (χ2v) is 10.7. The lowest BCUT2D eigenvalue weighted by atomic mass is 9.96. The molecule has 0 spiro atoms.